The van der Waals surface area contributed by atoms with Crippen molar-refractivity contribution in [2.45, 2.75) is 38.1 Å². The molecule has 0 unspecified atom stereocenters. The van der Waals surface area contributed by atoms with Gasteiger partial charge in [-0.25, -0.2) is 4.98 Å². The number of imidazole rings is 1. The Balaban J connectivity index is 1.33. The van der Waals surface area contributed by atoms with Gasteiger partial charge in [0.05, 0.1) is 34.2 Å². The van der Waals surface area contributed by atoms with Crippen LogP contribution < -0.4 is 15.5 Å². The molecular weight excluding hydrogens is 476 g/mol. The van der Waals surface area contributed by atoms with Crippen molar-refractivity contribution < 1.29 is 0 Å². The molecule has 184 valence electrons. The second-order valence-electron chi connectivity index (χ2n) is 10.3. The molecule has 2 aliphatic heterocycles. The molecule has 2 aromatic heterocycles. The van der Waals surface area contributed by atoms with E-state index in [0.29, 0.717) is 44.9 Å². The van der Waals surface area contributed by atoms with E-state index in [1.165, 1.54) is 23.6 Å². The van der Waals surface area contributed by atoms with Crippen LogP contribution in [0.3, 0.4) is 0 Å². The van der Waals surface area contributed by atoms with Gasteiger partial charge >= 0.3 is 0 Å². The molecule has 0 radical (unpaired) electrons. The highest BCUT2D eigenvalue weighted by atomic mass is 35.5. The van der Waals surface area contributed by atoms with Crippen molar-refractivity contribution in [1.82, 2.24) is 24.5 Å². The van der Waals surface area contributed by atoms with Crippen molar-refractivity contribution in [3.63, 3.8) is 0 Å². The topological polar surface area (TPSA) is 121 Å². The van der Waals surface area contributed by atoms with Crippen LogP contribution in [0.1, 0.15) is 43.4 Å². The highest BCUT2D eigenvalue weighted by molar-refractivity contribution is 6.36. The first-order valence-electron chi connectivity index (χ1n) is 12.3. The van der Waals surface area contributed by atoms with Gasteiger partial charge in [-0.15, -0.1) is 5.10 Å². The standard InChI is InChI=1S/C25H27ClN10/c1-34-7-4-25(5-8-34)6-9-35(15-25)20-11-16(12-27)10-19(21(20)26)31-24-32-22(30-17-2-3-17)23-29-14-18(13-28)36(23)33-24/h10-11,14,17H,2-9,15H2,1H3,(H2,30,31,32,33). The molecule has 11 heteroatoms. The average molecular weight is 503 g/mol. The molecule has 1 aliphatic carbocycles. The molecule has 3 aromatic rings. The monoisotopic (exact) mass is 502 g/mol. The lowest BCUT2D eigenvalue weighted by Gasteiger charge is -2.38. The molecule has 3 aliphatic rings. The molecule has 1 aromatic carbocycles. The molecule has 1 spiro atoms. The van der Waals surface area contributed by atoms with Crippen LogP contribution in [0.4, 0.5) is 23.1 Å². The summed E-state index contributed by atoms with van der Waals surface area (Å²) in [6.45, 7) is 4.08. The number of nitriles is 2. The zero-order valence-corrected chi connectivity index (χ0v) is 20.9. The summed E-state index contributed by atoms with van der Waals surface area (Å²) in [7, 11) is 2.18. The smallest absolute Gasteiger partial charge is 0.247 e. The van der Waals surface area contributed by atoms with E-state index in [1.807, 2.05) is 6.07 Å². The largest absolute Gasteiger partial charge is 0.370 e. The van der Waals surface area contributed by atoms with Gasteiger partial charge in [0, 0.05) is 19.1 Å². The highest BCUT2D eigenvalue weighted by Crippen LogP contribution is 2.45. The Labute approximate surface area is 214 Å². The zero-order valence-electron chi connectivity index (χ0n) is 20.1. The lowest BCUT2D eigenvalue weighted by atomic mass is 9.78. The number of aromatic nitrogens is 4. The maximum Gasteiger partial charge on any atom is 0.247 e. The molecular formula is C25H27ClN10. The Morgan fingerprint density at radius 3 is 2.61 bits per heavy atom. The van der Waals surface area contributed by atoms with Crippen LogP contribution in [0.15, 0.2) is 18.3 Å². The molecule has 2 saturated heterocycles. The number of halogens is 1. The summed E-state index contributed by atoms with van der Waals surface area (Å²) < 4.78 is 1.48. The Bertz CT molecular complexity index is 1400. The fourth-order valence-corrected chi connectivity index (χ4v) is 5.56. The lowest BCUT2D eigenvalue weighted by molar-refractivity contribution is 0.142. The zero-order chi connectivity index (χ0) is 24.9. The van der Waals surface area contributed by atoms with Gasteiger partial charge in [-0.1, -0.05) is 11.6 Å². The van der Waals surface area contributed by atoms with Gasteiger partial charge in [0.2, 0.25) is 5.95 Å². The summed E-state index contributed by atoms with van der Waals surface area (Å²) in [5.74, 6) is 0.837. The van der Waals surface area contributed by atoms with E-state index < -0.39 is 0 Å². The van der Waals surface area contributed by atoms with Crippen LogP contribution in [-0.4, -0.2) is 63.8 Å². The summed E-state index contributed by atoms with van der Waals surface area (Å²) in [6, 6.07) is 8.32. The van der Waals surface area contributed by atoms with Gasteiger partial charge in [-0.05, 0) is 69.8 Å². The van der Waals surface area contributed by atoms with Gasteiger partial charge in [0.15, 0.2) is 17.2 Å². The molecule has 2 N–H and O–H groups in total. The number of fused-ring (bicyclic) bond motifs is 1. The first-order chi connectivity index (χ1) is 17.5. The molecule has 0 amide bonds. The first kappa shape index (κ1) is 22.8. The third-order valence-corrected chi connectivity index (χ3v) is 8.05. The van der Waals surface area contributed by atoms with Crippen molar-refractivity contribution in [2.24, 2.45) is 5.41 Å². The molecule has 36 heavy (non-hydrogen) atoms. The fraction of sp³-hybridized carbons (Fsp3) is 0.480. The number of piperidine rings is 1. The van der Waals surface area contributed by atoms with Crippen molar-refractivity contribution >= 4 is 40.4 Å². The number of hydrogen-bond acceptors (Lipinski definition) is 9. The molecule has 0 atom stereocenters. The Kier molecular flexibility index (Phi) is 5.59. The maximum absolute atomic E-state index is 9.76. The summed E-state index contributed by atoms with van der Waals surface area (Å²) in [4.78, 5) is 13.7. The van der Waals surface area contributed by atoms with Crippen LogP contribution >= 0.6 is 11.6 Å². The molecule has 1 saturated carbocycles. The second kappa shape index (κ2) is 8.81. The minimum absolute atomic E-state index is 0.274. The second-order valence-corrected chi connectivity index (χ2v) is 10.6. The number of likely N-dealkylation sites (tertiary alicyclic amines) is 1. The van der Waals surface area contributed by atoms with Crippen LogP contribution in [0, 0.1) is 28.1 Å². The quantitative estimate of drug-likeness (QED) is 0.537. The van der Waals surface area contributed by atoms with E-state index >= 15 is 0 Å². The van der Waals surface area contributed by atoms with Gasteiger partial charge in [-0.3, -0.25) is 0 Å². The van der Waals surface area contributed by atoms with Gasteiger partial charge < -0.3 is 20.4 Å². The minimum Gasteiger partial charge on any atom is -0.370 e. The predicted octanol–water partition coefficient (Wildman–Crippen LogP) is 3.76. The van der Waals surface area contributed by atoms with Crippen LogP contribution in [0.25, 0.3) is 5.65 Å². The summed E-state index contributed by atoms with van der Waals surface area (Å²) in [5, 5.41) is 30.9. The van der Waals surface area contributed by atoms with E-state index in [1.54, 1.807) is 6.07 Å². The van der Waals surface area contributed by atoms with Crippen molar-refractivity contribution in [3.8, 4) is 12.1 Å². The molecule has 4 heterocycles. The van der Waals surface area contributed by atoms with Crippen LogP contribution in [0.2, 0.25) is 5.02 Å². The van der Waals surface area contributed by atoms with Gasteiger partial charge in [-0.2, -0.15) is 20.0 Å². The summed E-state index contributed by atoms with van der Waals surface area (Å²) in [5.41, 5.74) is 3.05. The van der Waals surface area contributed by atoms with E-state index in [2.05, 4.69) is 54.7 Å². The van der Waals surface area contributed by atoms with Crippen molar-refractivity contribution in [1.29, 1.82) is 10.5 Å². The molecule has 10 nitrogen and oxygen atoms in total. The molecule has 0 bridgehead atoms. The highest BCUT2D eigenvalue weighted by Gasteiger charge is 2.40. The number of anilines is 4. The van der Waals surface area contributed by atoms with E-state index in [-0.39, 0.29) is 5.95 Å². The minimum atomic E-state index is 0.274. The Morgan fingerprint density at radius 1 is 1.11 bits per heavy atom. The third-order valence-electron chi connectivity index (χ3n) is 7.65. The predicted molar refractivity (Wildman–Crippen MR) is 138 cm³/mol. The number of nitrogens with one attached hydrogen (secondary N) is 2. The number of hydrogen-bond donors (Lipinski definition) is 2. The summed E-state index contributed by atoms with van der Waals surface area (Å²) in [6.07, 6.45) is 7.11. The SMILES string of the molecule is CN1CCC2(CC1)CCN(c1cc(C#N)cc(Nc3nc(NC4CC4)c4ncc(C#N)n4n3)c1Cl)C2. The van der Waals surface area contributed by atoms with E-state index in [4.69, 9.17) is 11.6 Å². The summed E-state index contributed by atoms with van der Waals surface area (Å²) >= 11 is 6.94. The Morgan fingerprint density at radius 2 is 1.89 bits per heavy atom. The maximum atomic E-state index is 9.76. The van der Waals surface area contributed by atoms with E-state index in [0.717, 1.165) is 51.1 Å². The van der Waals surface area contributed by atoms with Gasteiger partial charge in [0.25, 0.3) is 0 Å². The average Bonchev–Trinajstić information content (AvgIpc) is 3.45. The number of benzene rings is 1. The first-order valence-corrected chi connectivity index (χ1v) is 12.7. The molecule has 3 fully saturated rings. The van der Waals surface area contributed by atoms with Crippen LogP contribution in [-0.2, 0) is 0 Å². The lowest BCUT2D eigenvalue weighted by Crippen LogP contribution is -2.39. The van der Waals surface area contributed by atoms with Crippen LogP contribution in [0.5, 0.6) is 0 Å². The molecule has 6 rings (SSSR count). The number of nitrogens with zero attached hydrogens (tertiary/aromatic N) is 8. The Hall–Kier alpha value is -3.60. The van der Waals surface area contributed by atoms with Crippen molar-refractivity contribution in [2.75, 3.05) is 48.8 Å². The fourth-order valence-electron chi connectivity index (χ4n) is 5.29. The van der Waals surface area contributed by atoms with E-state index in [9.17, 15) is 10.5 Å². The third kappa shape index (κ3) is 4.17. The van der Waals surface area contributed by atoms with Crippen molar-refractivity contribution in [3.05, 3.63) is 34.6 Å². The number of rotatable bonds is 5. The van der Waals surface area contributed by atoms with Gasteiger partial charge in [0.1, 0.15) is 6.07 Å². The normalized spacial score (nSPS) is 19.4.